The first kappa shape index (κ1) is 29.4. The summed E-state index contributed by atoms with van der Waals surface area (Å²) in [4.78, 5) is 33.1. The van der Waals surface area contributed by atoms with Crippen molar-refractivity contribution in [1.82, 2.24) is 20.1 Å². The third-order valence-corrected chi connectivity index (χ3v) is 7.81. The lowest BCUT2D eigenvalue weighted by atomic mass is 9.68. The van der Waals surface area contributed by atoms with E-state index in [9.17, 15) is 32.3 Å². The Hall–Kier alpha value is -4.07. The predicted molar refractivity (Wildman–Crippen MR) is 146 cm³/mol. The van der Waals surface area contributed by atoms with Gasteiger partial charge in [0.25, 0.3) is 5.91 Å². The lowest BCUT2D eigenvalue weighted by Crippen LogP contribution is -2.66. The molecule has 0 radical (unpaired) electrons. The highest BCUT2D eigenvalue weighted by Gasteiger charge is 2.54. The molecule has 9 nitrogen and oxygen atoms in total. The van der Waals surface area contributed by atoms with E-state index in [0.29, 0.717) is 24.8 Å². The van der Waals surface area contributed by atoms with Gasteiger partial charge in [-0.1, -0.05) is 6.07 Å². The Balaban J connectivity index is 1.36. The number of piperidine rings is 2. The van der Waals surface area contributed by atoms with E-state index in [4.69, 9.17) is 5.73 Å². The van der Waals surface area contributed by atoms with Crippen molar-refractivity contribution in [3.63, 3.8) is 0 Å². The average Bonchev–Trinajstić information content (AvgIpc) is 2.93. The van der Waals surface area contributed by atoms with E-state index in [0.717, 1.165) is 24.3 Å². The largest absolute Gasteiger partial charge is 0.383 e. The third kappa shape index (κ3) is 5.67. The van der Waals surface area contributed by atoms with Gasteiger partial charge in [0, 0.05) is 80.2 Å². The first-order valence-corrected chi connectivity index (χ1v) is 13.4. The fraction of sp³-hybridized carbons (Fsp3) is 0.345. The predicted octanol–water partition coefficient (Wildman–Crippen LogP) is 2.91. The maximum absolute atomic E-state index is 14.9. The summed E-state index contributed by atoms with van der Waals surface area (Å²) in [5.41, 5.74) is 3.90. The number of pyridine rings is 1. The minimum Gasteiger partial charge on any atom is -0.383 e. The van der Waals surface area contributed by atoms with Crippen LogP contribution in [0.2, 0.25) is 0 Å². The van der Waals surface area contributed by atoms with E-state index in [1.165, 1.54) is 17.2 Å². The Morgan fingerprint density at radius 1 is 1.00 bits per heavy atom. The van der Waals surface area contributed by atoms with Crippen LogP contribution >= 0.6 is 0 Å². The molecule has 0 spiro atoms. The van der Waals surface area contributed by atoms with Crippen molar-refractivity contribution in [1.29, 1.82) is 0 Å². The van der Waals surface area contributed by atoms with Crippen LogP contribution in [-0.2, 0) is 5.60 Å². The van der Waals surface area contributed by atoms with Crippen molar-refractivity contribution < 1.29 is 32.3 Å². The summed E-state index contributed by atoms with van der Waals surface area (Å²) in [5.74, 6) is -5.09. The summed E-state index contributed by atoms with van der Waals surface area (Å²) in [5, 5.41) is 16.9. The number of benzene rings is 2. The molecule has 2 atom stereocenters. The van der Waals surface area contributed by atoms with Gasteiger partial charge in [-0.2, -0.15) is 0 Å². The van der Waals surface area contributed by atoms with Crippen molar-refractivity contribution in [3.05, 3.63) is 83.2 Å². The molecule has 2 saturated heterocycles. The zero-order chi connectivity index (χ0) is 30.2. The van der Waals surface area contributed by atoms with Gasteiger partial charge in [-0.15, -0.1) is 0 Å². The zero-order valence-electron chi connectivity index (χ0n) is 22.7. The molecule has 5 N–H and O–H groups in total. The number of amides is 3. The van der Waals surface area contributed by atoms with Crippen LogP contribution in [-0.4, -0.2) is 78.1 Å². The second kappa shape index (κ2) is 11.7. The summed E-state index contributed by atoms with van der Waals surface area (Å²) in [6, 6.07) is 6.98. The molecule has 0 saturated carbocycles. The van der Waals surface area contributed by atoms with Crippen molar-refractivity contribution in [2.45, 2.75) is 5.60 Å². The summed E-state index contributed by atoms with van der Waals surface area (Å²) in [6.45, 7) is 1.40. The van der Waals surface area contributed by atoms with Gasteiger partial charge >= 0.3 is 6.03 Å². The SMILES string of the molecule is CN1CC2CN(C(=O)Nc3cc(F)cc(F)c3)CC(C1)C2(O)c1ccc(-c2cc(F)c(C(=O)NCCN)cc2F)cn1. The zero-order valence-corrected chi connectivity index (χ0v) is 22.7. The quantitative estimate of drug-likeness (QED) is 0.330. The number of halogens is 4. The highest BCUT2D eigenvalue weighted by Crippen LogP contribution is 2.44. The minimum absolute atomic E-state index is 0.0224. The van der Waals surface area contributed by atoms with Gasteiger partial charge in [-0.25, -0.2) is 22.4 Å². The number of carbonyl (C=O) groups is 2. The van der Waals surface area contributed by atoms with E-state index >= 15 is 0 Å². The third-order valence-electron chi connectivity index (χ3n) is 7.81. The summed E-state index contributed by atoms with van der Waals surface area (Å²) >= 11 is 0. The molecular formula is C29H30F4N6O3. The molecular weight excluding hydrogens is 556 g/mol. The molecule has 42 heavy (non-hydrogen) atoms. The Kier molecular flexibility index (Phi) is 8.17. The number of hydrogen-bond acceptors (Lipinski definition) is 6. The van der Waals surface area contributed by atoms with Crippen LogP contribution < -0.4 is 16.4 Å². The smallest absolute Gasteiger partial charge is 0.321 e. The number of nitrogens with one attached hydrogen (secondary N) is 2. The monoisotopic (exact) mass is 586 g/mol. The molecule has 5 rings (SSSR count). The van der Waals surface area contributed by atoms with Crippen LogP contribution in [0.1, 0.15) is 16.1 Å². The van der Waals surface area contributed by atoms with E-state index in [1.807, 2.05) is 11.9 Å². The Labute approximate surface area is 239 Å². The first-order chi connectivity index (χ1) is 20.0. The number of likely N-dealkylation sites (tertiary alicyclic amines) is 2. The highest BCUT2D eigenvalue weighted by molar-refractivity contribution is 5.95. The number of urea groups is 1. The van der Waals surface area contributed by atoms with Gasteiger partial charge in [-0.05, 0) is 37.4 Å². The van der Waals surface area contributed by atoms with Crippen LogP contribution in [0.4, 0.5) is 28.0 Å². The lowest BCUT2D eigenvalue weighted by molar-refractivity contribution is -0.155. The van der Waals surface area contributed by atoms with Gasteiger partial charge in [0.2, 0.25) is 0 Å². The number of nitrogens with zero attached hydrogens (tertiary/aromatic N) is 3. The molecule has 2 aliphatic rings. The fourth-order valence-electron chi connectivity index (χ4n) is 5.86. The molecule has 3 heterocycles. The molecule has 0 aliphatic carbocycles. The van der Waals surface area contributed by atoms with Gasteiger partial charge in [-0.3, -0.25) is 9.78 Å². The number of carbonyl (C=O) groups excluding carboxylic acids is 2. The van der Waals surface area contributed by atoms with Gasteiger partial charge in [0.15, 0.2) is 0 Å². The van der Waals surface area contributed by atoms with Gasteiger partial charge < -0.3 is 31.3 Å². The number of hydrogen-bond donors (Lipinski definition) is 4. The van der Waals surface area contributed by atoms with Crippen LogP contribution in [0.3, 0.4) is 0 Å². The summed E-state index contributed by atoms with van der Waals surface area (Å²) in [6.07, 6.45) is 1.33. The van der Waals surface area contributed by atoms with E-state index in [2.05, 4.69) is 15.6 Å². The normalized spacial score (nSPS) is 22.1. The topological polar surface area (TPSA) is 124 Å². The molecule has 1 aromatic heterocycles. The van der Waals surface area contributed by atoms with Crippen LogP contribution in [0.15, 0.2) is 48.7 Å². The van der Waals surface area contributed by atoms with Crippen LogP contribution in [0.25, 0.3) is 11.1 Å². The molecule has 222 valence electrons. The Morgan fingerprint density at radius 3 is 2.26 bits per heavy atom. The average molecular weight is 587 g/mol. The van der Waals surface area contributed by atoms with E-state index in [-0.39, 0.29) is 43.0 Å². The molecule has 2 bridgehead atoms. The fourth-order valence-corrected chi connectivity index (χ4v) is 5.86. The van der Waals surface area contributed by atoms with Crippen molar-refractivity contribution in [3.8, 4) is 11.1 Å². The van der Waals surface area contributed by atoms with Crippen molar-refractivity contribution in [2.75, 3.05) is 51.6 Å². The van der Waals surface area contributed by atoms with Crippen LogP contribution in [0, 0.1) is 35.1 Å². The van der Waals surface area contributed by atoms with Gasteiger partial charge in [0.05, 0.1) is 11.3 Å². The van der Waals surface area contributed by atoms with Crippen molar-refractivity contribution >= 4 is 17.6 Å². The van der Waals surface area contributed by atoms with Gasteiger partial charge in [0.1, 0.15) is 28.9 Å². The number of fused-ring (bicyclic) bond motifs is 2. The minimum atomic E-state index is -1.43. The molecule has 3 amide bonds. The van der Waals surface area contributed by atoms with E-state index < -0.39 is 58.2 Å². The van der Waals surface area contributed by atoms with Crippen LogP contribution in [0.5, 0.6) is 0 Å². The lowest BCUT2D eigenvalue weighted by Gasteiger charge is -2.54. The molecule has 3 aromatic rings. The summed E-state index contributed by atoms with van der Waals surface area (Å²) < 4.78 is 56.8. The second-order valence-electron chi connectivity index (χ2n) is 10.7. The highest BCUT2D eigenvalue weighted by atomic mass is 19.1. The Bertz CT molecular complexity index is 1470. The molecule has 13 heteroatoms. The second-order valence-corrected chi connectivity index (χ2v) is 10.7. The molecule has 2 aromatic carbocycles. The molecule has 2 unspecified atom stereocenters. The Morgan fingerprint density at radius 2 is 1.67 bits per heavy atom. The number of aromatic nitrogens is 1. The maximum Gasteiger partial charge on any atom is 0.321 e. The van der Waals surface area contributed by atoms with Crippen molar-refractivity contribution in [2.24, 2.45) is 17.6 Å². The van der Waals surface area contributed by atoms with E-state index in [1.54, 1.807) is 6.07 Å². The number of nitrogens with two attached hydrogens (primary N) is 1. The number of rotatable bonds is 6. The molecule has 2 fully saturated rings. The summed E-state index contributed by atoms with van der Waals surface area (Å²) in [7, 11) is 1.90. The maximum atomic E-state index is 14.9. The molecule has 2 aliphatic heterocycles. The standard InChI is InChI=1S/C29H30F4N6O3/c1-38-12-17-14-39(28(41)37-21-7-19(30)6-20(31)8-21)15-18(13-38)29(17,42)26-3-2-16(11-36-26)22-9-25(33)23(10-24(22)32)27(40)35-5-4-34/h2-3,6-11,17-18,42H,4-5,12-15,34H2,1H3,(H,35,40)(H,37,41). The first-order valence-electron chi connectivity index (χ1n) is 13.4. The number of anilines is 1. The number of aliphatic hydroxyl groups is 1.